The van der Waals surface area contributed by atoms with Crippen LogP contribution in [0.5, 0.6) is 0 Å². The molecule has 0 saturated heterocycles. The first-order valence-electron chi connectivity index (χ1n) is 8.29. The topological polar surface area (TPSA) is 28.2 Å². The van der Waals surface area contributed by atoms with E-state index in [1.54, 1.807) is 12.1 Å². The quantitative estimate of drug-likeness (QED) is 0.791. The van der Waals surface area contributed by atoms with Gasteiger partial charge in [-0.1, -0.05) is 30.3 Å². The fraction of sp³-hybridized carbons (Fsp3) is 0.250. The number of hydrogen-bond donors (Lipinski definition) is 1. The van der Waals surface area contributed by atoms with Crippen LogP contribution in [0.4, 0.5) is 10.1 Å². The van der Waals surface area contributed by atoms with E-state index >= 15 is 0 Å². The van der Waals surface area contributed by atoms with E-state index in [-0.39, 0.29) is 5.82 Å². The number of nitrogens with one attached hydrogen (secondary N) is 1. The van der Waals surface area contributed by atoms with E-state index in [1.807, 2.05) is 13.1 Å². The highest BCUT2D eigenvalue weighted by Crippen LogP contribution is 2.32. The number of aromatic nitrogens is 1. The first-order chi connectivity index (χ1) is 11.7. The lowest BCUT2D eigenvalue weighted by molar-refractivity contribution is 0.244. The highest BCUT2D eigenvalue weighted by molar-refractivity contribution is 5.93. The molecule has 0 fully saturated rings. The Bertz CT molecular complexity index is 877. The first kappa shape index (κ1) is 15.1. The summed E-state index contributed by atoms with van der Waals surface area (Å²) in [7, 11) is 1.90. The van der Waals surface area contributed by atoms with E-state index < -0.39 is 0 Å². The van der Waals surface area contributed by atoms with E-state index in [4.69, 9.17) is 4.98 Å². The van der Waals surface area contributed by atoms with Gasteiger partial charge in [0.25, 0.3) is 0 Å². The zero-order valence-electron chi connectivity index (χ0n) is 13.7. The molecule has 3 aromatic rings. The van der Waals surface area contributed by atoms with Crippen LogP contribution in [0.15, 0.2) is 48.5 Å². The van der Waals surface area contributed by atoms with Crippen LogP contribution >= 0.6 is 0 Å². The minimum Gasteiger partial charge on any atom is -0.387 e. The number of nitrogens with zero attached hydrogens (tertiary/aromatic N) is 2. The summed E-state index contributed by atoms with van der Waals surface area (Å²) in [6.45, 7) is 2.75. The number of hydrogen-bond acceptors (Lipinski definition) is 3. The van der Waals surface area contributed by atoms with Crippen molar-refractivity contribution in [3.05, 3.63) is 71.2 Å². The molecule has 1 aliphatic rings. The number of anilines is 1. The smallest absolute Gasteiger partial charge is 0.124 e. The van der Waals surface area contributed by atoms with Gasteiger partial charge in [0.2, 0.25) is 0 Å². The molecule has 0 radical (unpaired) electrons. The summed E-state index contributed by atoms with van der Waals surface area (Å²) in [6, 6.07) is 15.3. The van der Waals surface area contributed by atoms with Crippen molar-refractivity contribution in [1.82, 2.24) is 9.88 Å². The molecular weight excluding hydrogens is 301 g/mol. The predicted molar refractivity (Wildman–Crippen MR) is 95.5 cm³/mol. The maximum atomic E-state index is 13.7. The molecule has 0 saturated carbocycles. The molecule has 0 aliphatic carbocycles. The summed E-state index contributed by atoms with van der Waals surface area (Å²) in [6.07, 6.45) is 0.921. The van der Waals surface area contributed by atoms with Crippen LogP contribution in [0.1, 0.15) is 16.8 Å². The van der Waals surface area contributed by atoms with Crippen molar-refractivity contribution in [3.8, 4) is 0 Å². The second kappa shape index (κ2) is 6.21. The van der Waals surface area contributed by atoms with Crippen LogP contribution < -0.4 is 5.32 Å². The van der Waals surface area contributed by atoms with Gasteiger partial charge >= 0.3 is 0 Å². The molecule has 0 bridgehead atoms. The lowest BCUT2D eigenvalue weighted by Gasteiger charge is -2.30. The number of fused-ring (bicyclic) bond motifs is 2. The molecule has 122 valence electrons. The van der Waals surface area contributed by atoms with Gasteiger partial charge in [-0.25, -0.2) is 4.39 Å². The largest absolute Gasteiger partial charge is 0.387 e. The van der Waals surface area contributed by atoms with Gasteiger partial charge < -0.3 is 5.32 Å². The van der Waals surface area contributed by atoms with Crippen LogP contribution in [-0.2, 0) is 19.5 Å². The predicted octanol–water partition coefficient (Wildman–Crippen LogP) is 3.97. The Morgan fingerprint density at radius 3 is 2.79 bits per heavy atom. The molecule has 3 nitrogen and oxygen atoms in total. The van der Waals surface area contributed by atoms with Gasteiger partial charge in [-0.3, -0.25) is 9.88 Å². The van der Waals surface area contributed by atoms with Crippen LogP contribution in [0.3, 0.4) is 0 Å². The monoisotopic (exact) mass is 321 g/mol. The van der Waals surface area contributed by atoms with E-state index in [0.717, 1.165) is 48.3 Å². The third kappa shape index (κ3) is 2.74. The van der Waals surface area contributed by atoms with Crippen LogP contribution in [0, 0.1) is 5.82 Å². The maximum Gasteiger partial charge on any atom is 0.124 e. The molecule has 1 N–H and O–H groups in total. The molecule has 2 aromatic carbocycles. The highest BCUT2D eigenvalue weighted by Gasteiger charge is 2.22. The van der Waals surface area contributed by atoms with Gasteiger partial charge in [-0.05, 0) is 23.8 Å². The minimum absolute atomic E-state index is 0.224. The minimum atomic E-state index is -0.224. The number of benzene rings is 2. The Balaban J connectivity index is 1.71. The van der Waals surface area contributed by atoms with Crippen molar-refractivity contribution in [2.75, 3.05) is 18.9 Å². The van der Waals surface area contributed by atoms with Crippen LogP contribution in [0.2, 0.25) is 0 Å². The van der Waals surface area contributed by atoms with Crippen LogP contribution in [-0.4, -0.2) is 23.5 Å². The lowest BCUT2D eigenvalue weighted by atomic mass is 9.99. The average Bonchev–Trinajstić information content (AvgIpc) is 2.61. The molecule has 0 unspecified atom stereocenters. The average molecular weight is 321 g/mol. The van der Waals surface area contributed by atoms with Gasteiger partial charge in [0.15, 0.2) is 0 Å². The standard InChI is InChI=1S/C20H20FN3/c1-22-20-16-11-15(21)7-8-18(16)23-19-9-10-24(13-17(19)20)12-14-5-3-2-4-6-14/h2-8,11H,9-10,12-13H2,1H3,(H,22,23). The SMILES string of the molecule is CNc1c2c(nc3ccc(F)cc13)CCN(Cc1ccccc1)C2. The highest BCUT2D eigenvalue weighted by atomic mass is 19.1. The molecule has 0 atom stereocenters. The van der Waals surface area contributed by atoms with Gasteiger partial charge in [0.05, 0.1) is 5.52 Å². The second-order valence-corrected chi connectivity index (χ2v) is 6.27. The zero-order valence-corrected chi connectivity index (χ0v) is 13.7. The Morgan fingerprint density at radius 1 is 1.17 bits per heavy atom. The Labute approximate surface area is 141 Å². The van der Waals surface area contributed by atoms with Gasteiger partial charge in [0.1, 0.15) is 5.82 Å². The second-order valence-electron chi connectivity index (χ2n) is 6.27. The normalized spacial score (nSPS) is 14.6. The van der Waals surface area contributed by atoms with Crippen molar-refractivity contribution < 1.29 is 4.39 Å². The van der Waals surface area contributed by atoms with Crippen molar-refractivity contribution >= 4 is 16.6 Å². The third-order valence-corrected chi connectivity index (χ3v) is 4.68. The Hall–Kier alpha value is -2.46. The Morgan fingerprint density at radius 2 is 2.00 bits per heavy atom. The maximum absolute atomic E-state index is 13.7. The third-order valence-electron chi connectivity index (χ3n) is 4.68. The van der Waals surface area contributed by atoms with E-state index in [1.165, 1.54) is 17.2 Å². The van der Waals surface area contributed by atoms with Crippen molar-refractivity contribution in [1.29, 1.82) is 0 Å². The number of pyridine rings is 1. The summed E-state index contributed by atoms with van der Waals surface area (Å²) in [5.41, 5.74) is 5.50. The molecule has 2 heterocycles. The van der Waals surface area contributed by atoms with Crippen molar-refractivity contribution in [2.24, 2.45) is 0 Å². The summed E-state index contributed by atoms with van der Waals surface area (Å²) in [5, 5.41) is 4.14. The summed E-state index contributed by atoms with van der Waals surface area (Å²) < 4.78 is 13.7. The molecule has 4 heteroatoms. The molecule has 1 aliphatic heterocycles. The molecule has 0 spiro atoms. The fourth-order valence-corrected chi connectivity index (χ4v) is 3.53. The summed E-state index contributed by atoms with van der Waals surface area (Å²) >= 11 is 0. The summed E-state index contributed by atoms with van der Waals surface area (Å²) in [4.78, 5) is 7.20. The Kier molecular flexibility index (Phi) is 3.90. The zero-order chi connectivity index (χ0) is 16.5. The molecular formula is C20H20FN3. The lowest BCUT2D eigenvalue weighted by Crippen LogP contribution is -2.31. The van der Waals surface area contributed by atoms with E-state index in [0.29, 0.717) is 0 Å². The van der Waals surface area contributed by atoms with E-state index in [9.17, 15) is 4.39 Å². The summed E-state index contributed by atoms with van der Waals surface area (Å²) in [5.74, 6) is -0.224. The van der Waals surface area contributed by atoms with Crippen LogP contribution in [0.25, 0.3) is 10.9 Å². The molecule has 0 amide bonds. The fourth-order valence-electron chi connectivity index (χ4n) is 3.53. The first-order valence-corrected chi connectivity index (χ1v) is 8.29. The van der Waals surface area contributed by atoms with Gasteiger partial charge in [0, 0.05) is 55.4 Å². The number of halogens is 1. The van der Waals surface area contributed by atoms with Gasteiger partial charge in [-0.15, -0.1) is 0 Å². The number of rotatable bonds is 3. The van der Waals surface area contributed by atoms with Crippen molar-refractivity contribution in [3.63, 3.8) is 0 Å². The molecule has 24 heavy (non-hydrogen) atoms. The molecule has 1 aromatic heterocycles. The van der Waals surface area contributed by atoms with Crippen molar-refractivity contribution in [2.45, 2.75) is 19.5 Å². The molecule has 4 rings (SSSR count). The van der Waals surface area contributed by atoms with E-state index in [2.05, 4.69) is 34.5 Å². The van der Waals surface area contributed by atoms with Gasteiger partial charge in [-0.2, -0.15) is 0 Å².